The Labute approximate surface area is 202 Å². The summed E-state index contributed by atoms with van der Waals surface area (Å²) in [6.45, 7) is 7.56. The van der Waals surface area contributed by atoms with Crippen molar-refractivity contribution < 1.29 is 23.9 Å². The summed E-state index contributed by atoms with van der Waals surface area (Å²) in [5, 5.41) is 8.52. The summed E-state index contributed by atoms with van der Waals surface area (Å²) in [5.74, 6) is -1.46. The molecule has 3 amide bonds. The Balaban J connectivity index is 2.23. The zero-order chi connectivity index (χ0) is 25.1. The number of fused-ring (bicyclic) bond motifs is 2. The zero-order valence-electron chi connectivity index (χ0n) is 20.8. The van der Waals surface area contributed by atoms with E-state index >= 15 is 0 Å². The summed E-state index contributed by atoms with van der Waals surface area (Å²) >= 11 is 0. The van der Waals surface area contributed by atoms with Crippen LogP contribution in [0.1, 0.15) is 78.2 Å². The lowest BCUT2D eigenvalue weighted by molar-refractivity contribution is -0.151. The van der Waals surface area contributed by atoms with Crippen molar-refractivity contribution in [3.8, 4) is 0 Å². The quantitative estimate of drug-likeness (QED) is 0.580. The standard InChI is InChI=1S/C26H39N3O5/c1-5-18(4)24-26(33)34-16-19-11-10-12-20(15-19)27-21(30)13-8-6-7-9-14-22(31)28-23(17(2)3)25(32)29-24/h10-12,15,17-18,23-24H,5-9,13-14,16H2,1-4H3,(H,27,30)(H,28,31)(H,29,32)/t18-,23-,24-/m0/s1. The highest BCUT2D eigenvalue weighted by atomic mass is 16.5. The van der Waals surface area contributed by atoms with Crippen molar-refractivity contribution in [1.82, 2.24) is 10.6 Å². The molecule has 8 heteroatoms. The van der Waals surface area contributed by atoms with Crippen molar-refractivity contribution in [2.24, 2.45) is 11.8 Å². The van der Waals surface area contributed by atoms with Crippen LogP contribution in [0.5, 0.6) is 0 Å². The van der Waals surface area contributed by atoms with Gasteiger partial charge in [0.15, 0.2) is 0 Å². The van der Waals surface area contributed by atoms with Crippen LogP contribution in [0.15, 0.2) is 24.3 Å². The van der Waals surface area contributed by atoms with Crippen molar-refractivity contribution >= 4 is 29.4 Å². The third-order valence-corrected chi connectivity index (χ3v) is 6.18. The van der Waals surface area contributed by atoms with Gasteiger partial charge in [0.2, 0.25) is 17.7 Å². The molecule has 1 aliphatic heterocycles. The van der Waals surface area contributed by atoms with Gasteiger partial charge in [0.25, 0.3) is 0 Å². The largest absolute Gasteiger partial charge is 0.459 e. The molecule has 2 bridgehead atoms. The second-order valence-electron chi connectivity index (χ2n) is 9.43. The predicted molar refractivity (Wildman–Crippen MR) is 131 cm³/mol. The van der Waals surface area contributed by atoms with Crippen molar-refractivity contribution in [1.29, 1.82) is 0 Å². The van der Waals surface area contributed by atoms with Gasteiger partial charge >= 0.3 is 5.97 Å². The number of cyclic esters (lactones) is 1. The Morgan fingerprint density at radius 1 is 0.912 bits per heavy atom. The van der Waals surface area contributed by atoms with Crippen LogP contribution in [0.4, 0.5) is 5.69 Å². The number of carbonyl (C=O) groups is 4. The number of hydrogen-bond acceptors (Lipinski definition) is 5. The number of anilines is 1. The van der Waals surface area contributed by atoms with Crippen molar-refractivity contribution in [2.75, 3.05) is 5.32 Å². The van der Waals surface area contributed by atoms with Crippen LogP contribution in [0.25, 0.3) is 0 Å². The first-order chi connectivity index (χ1) is 16.2. The zero-order valence-corrected chi connectivity index (χ0v) is 20.8. The number of nitrogens with one attached hydrogen (secondary N) is 3. The first-order valence-corrected chi connectivity index (χ1v) is 12.4. The number of benzene rings is 1. The summed E-state index contributed by atoms with van der Waals surface area (Å²) in [4.78, 5) is 50.7. The third-order valence-electron chi connectivity index (χ3n) is 6.18. The van der Waals surface area contributed by atoms with Crippen molar-refractivity contribution in [2.45, 2.75) is 91.3 Å². The molecule has 1 heterocycles. The van der Waals surface area contributed by atoms with Crippen molar-refractivity contribution in [3.63, 3.8) is 0 Å². The average Bonchev–Trinajstić information content (AvgIpc) is 2.80. The molecule has 1 aromatic rings. The van der Waals surface area contributed by atoms with Crippen LogP contribution >= 0.6 is 0 Å². The summed E-state index contributed by atoms with van der Waals surface area (Å²) < 4.78 is 5.54. The lowest BCUT2D eigenvalue weighted by Gasteiger charge is -2.27. The van der Waals surface area contributed by atoms with Gasteiger partial charge in [-0.3, -0.25) is 14.4 Å². The molecule has 0 saturated heterocycles. The van der Waals surface area contributed by atoms with Crippen molar-refractivity contribution in [3.05, 3.63) is 29.8 Å². The number of rotatable bonds is 3. The van der Waals surface area contributed by atoms with Crippen LogP contribution in [-0.2, 0) is 30.5 Å². The minimum atomic E-state index is -0.830. The minimum Gasteiger partial charge on any atom is -0.459 e. The highest BCUT2D eigenvalue weighted by molar-refractivity contribution is 5.91. The molecule has 0 unspecified atom stereocenters. The average molecular weight is 474 g/mol. The highest BCUT2D eigenvalue weighted by Gasteiger charge is 2.32. The van der Waals surface area contributed by atoms with E-state index in [9.17, 15) is 19.2 Å². The van der Waals surface area contributed by atoms with E-state index in [1.54, 1.807) is 18.2 Å². The molecule has 2 rings (SSSR count). The van der Waals surface area contributed by atoms with E-state index in [2.05, 4.69) is 16.0 Å². The van der Waals surface area contributed by atoms with Gasteiger partial charge in [-0.2, -0.15) is 0 Å². The van der Waals surface area contributed by atoms with E-state index in [4.69, 9.17) is 4.74 Å². The van der Waals surface area contributed by atoms with E-state index < -0.39 is 18.1 Å². The van der Waals surface area contributed by atoms with Gasteiger partial charge in [-0.25, -0.2) is 4.79 Å². The summed E-state index contributed by atoms with van der Waals surface area (Å²) in [6, 6.07) is 5.62. The van der Waals surface area contributed by atoms with Crippen LogP contribution in [0.3, 0.4) is 0 Å². The van der Waals surface area contributed by atoms with E-state index in [0.29, 0.717) is 31.4 Å². The second kappa shape index (κ2) is 13.7. The molecule has 1 aliphatic rings. The Morgan fingerprint density at radius 2 is 1.59 bits per heavy atom. The Morgan fingerprint density at radius 3 is 2.24 bits per heavy atom. The predicted octanol–water partition coefficient (Wildman–Crippen LogP) is 3.69. The SMILES string of the molecule is CC[C@H](C)[C@@H]1NC(=O)[C@H](C(C)C)NC(=O)CCCCCCC(=O)Nc2cccc(c2)COC1=O. The van der Waals surface area contributed by atoms with Crippen LogP contribution < -0.4 is 16.0 Å². The molecule has 188 valence electrons. The fourth-order valence-electron chi connectivity index (χ4n) is 3.82. The fourth-order valence-corrected chi connectivity index (χ4v) is 3.82. The van der Waals surface area contributed by atoms with Gasteiger partial charge in [-0.05, 0) is 42.4 Å². The molecule has 8 nitrogen and oxygen atoms in total. The third kappa shape index (κ3) is 8.80. The molecule has 34 heavy (non-hydrogen) atoms. The molecule has 3 atom stereocenters. The molecular formula is C26H39N3O5. The van der Waals surface area contributed by atoms with Gasteiger partial charge in [-0.1, -0.05) is 59.1 Å². The lowest BCUT2D eigenvalue weighted by atomic mass is 9.97. The maximum absolute atomic E-state index is 13.1. The molecule has 0 fully saturated rings. The topological polar surface area (TPSA) is 114 Å². The van der Waals surface area contributed by atoms with E-state index in [1.165, 1.54) is 0 Å². The van der Waals surface area contributed by atoms with Crippen LogP contribution in [0, 0.1) is 11.8 Å². The molecular weight excluding hydrogens is 434 g/mol. The number of ether oxygens (including phenoxy) is 1. The van der Waals surface area contributed by atoms with Gasteiger partial charge in [0, 0.05) is 18.5 Å². The summed E-state index contributed by atoms with van der Waals surface area (Å²) in [5.41, 5.74) is 1.39. The highest BCUT2D eigenvalue weighted by Crippen LogP contribution is 2.16. The molecule has 0 aliphatic carbocycles. The number of carbonyl (C=O) groups excluding carboxylic acids is 4. The summed E-state index contributed by atoms with van der Waals surface area (Å²) in [6.07, 6.45) is 4.48. The maximum Gasteiger partial charge on any atom is 0.329 e. The van der Waals surface area contributed by atoms with Crippen LogP contribution in [0.2, 0.25) is 0 Å². The smallest absolute Gasteiger partial charge is 0.329 e. The van der Waals surface area contributed by atoms with E-state index in [0.717, 1.165) is 24.8 Å². The summed E-state index contributed by atoms with van der Waals surface area (Å²) in [7, 11) is 0. The minimum absolute atomic E-state index is 0.0235. The Kier molecular flexibility index (Phi) is 11.0. The normalized spacial score (nSPS) is 22.7. The molecule has 0 aromatic heterocycles. The monoisotopic (exact) mass is 473 g/mol. The van der Waals surface area contributed by atoms with E-state index in [-0.39, 0.29) is 36.2 Å². The first-order valence-electron chi connectivity index (χ1n) is 12.4. The fraction of sp³-hybridized carbons (Fsp3) is 0.615. The lowest BCUT2D eigenvalue weighted by Crippen LogP contribution is -2.55. The van der Waals surface area contributed by atoms with Gasteiger partial charge in [0.1, 0.15) is 18.7 Å². The van der Waals surface area contributed by atoms with Gasteiger partial charge < -0.3 is 20.7 Å². The van der Waals surface area contributed by atoms with Gasteiger partial charge in [-0.15, -0.1) is 0 Å². The first kappa shape index (κ1) is 27.3. The second-order valence-corrected chi connectivity index (χ2v) is 9.43. The Bertz CT molecular complexity index is 855. The van der Waals surface area contributed by atoms with Gasteiger partial charge in [0.05, 0.1) is 0 Å². The van der Waals surface area contributed by atoms with E-state index in [1.807, 2.05) is 33.8 Å². The Hall–Kier alpha value is -2.90. The number of amides is 3. The number of esters is 1. The maximum atomic E-state index is 13.1. The molecule has 0 spiro atoms. The molecule has 0 saturated carbocycles. The molecule has 1 aromatic carbocycles. The van der Waals surface area contributed by atoms with Crippen LogP contribution in [-0.4, -0.2) is 35.8 Å². The molecule has 3 N–H and O–H groups in total. The number of hydrogen-bond donors (Lipinski definition) is 3. The molecule has 0 radical (unpaired) electrons.